The van der Waals surface area contributed by atoms with Crippen molar-refractivity contribution in [3.63, 3.8) is 0 Å². The van der Waals surface area contributed by atoms with E-state index in [1.165, 1.54) is 36.8 Å². The third-order valence-electron chi connectivity index (χ3n) is 3.17. The Balaban J connectivity index is 2.44. The SMILES string of the molecule is CCCCC#C/C=C/c1ccc(/C=C/C#CCCCC)cc1. The van der Waals surface area contributed by atoms with Crippen LogP contribution in [0.5, 0.6) is 0 Å². The molecule has 0 spiro atoms. The molecular formula is C22H26. The Labute approximate surface area is 136 Å². The Hall–Kier alpha value is -2.18. The second-order valence-electron chi connectivity index (χ2n) is 5.18. The molecule has 0 aliphatic heterocycles. The molecule has 0 radical (unpaired) electrons. The lowest BCUT2D eigenvalue weighted by molar-refractivity contribution is 0.828. The van der Waals surface area contributed by atoms with Crippen molar-refractivity contribution in [1.82, 2.24) is 0 Å². The highest BCUT2D eigenvalue weighted by Crippen LogP contribution is 2.07. The summed E-state index contributed by atoms with van der Waals surface area (Å²) in [5.74, 6) is 12.5. The first-order chi connectivity index (χ1) is 10.9. The number of unbranched alkanes of at least 4 members (excludes halogenated alkanes) is 4. The zero-order valence-electron chi connectivity index (χ0n) is 13.9. The summed E-state index contributed by atoms with van der Waals surface area (Å²) in [4.78, 5) is 0. The van der Waals surface area contributed by atoms with Crippen LogP contribution >= 0.6 is 0 Å². The second-order valence-corrected chi connectivity index (χ2v) is 5.18. The largest absolute Gasteiger partial charge is 0.0985 e. The van der Waals surface area contributed by atoms with Gasteiger partial charge in [-0.2, -0.15) is 0 Å². The quantitative estimate of drug-likeness (QED) is 0.438. The van der Waals surface area contributed by atoms with Crippen LogP contribution in [0.4, 0.5) is 0 Å². The van der Waals surface area contributed by atoms with Crippen LogP contribution in [0.25, 0.3) is 12.2 Å². The molecule has 1 aromatic carbocycles. The van der Waals surface area contributed by atoms with Gasteiger partial charge in [-0.05, 0) is 48.3 Å². The van der Waals surface area contributed by atoms with E-state index in [9.17, 15) is 0 Å². The molecule has 0 N–H and O–H groups in total. The summed E-state index contributed by atoms with van der Waals surface area (Å²) in [7, 11) is 0. The fourth-order valence-electron chi connectivity index (χ4n) is 1.79. The van der Waals surface area contributed by atoms with E-state index in [1.54, 1.807) is 0 Å². The van der Waals surface area contributed by atoms with Gasteiger partial charge in [-0.1, -0.05) is 74.6 Å². The Kier molecular flexibility index (Phi) is 10.2. The van der Waals surface area contributed by atoms with Gasteiger partial charge in [-0.15, -0.1) is 0 Å². The summed E-state index contributed by atoms with van der Waals surface area (Å²) < 4.78 is 0. The molecule has 0 heteroatoms. The molecule has 0 unspecified atom stereocenters. The molecular weight excluding hydrogens is 264 g/mol. The minimum atomic E-state index is 0.990. The molecule has 22 heavy (non-hydrogen) atoms. The minimum absolute atomic E-state index is 0.990. The summed E-state index contributed by atoms with van der Waals surface area (Å²) in [6.07, 6.45) is 14.7. The molecule has 0 aromatic heterocycles. The van der Waals surface area contributed by atoms with Crippen molar-refractivity contribution in [3.8, 4) is 23.7 Å². The van der Waals surface area contributed by atoms with Crippen LogP contribution in [-0.4, -0.2) is 0 Å². The summed E-state index contributed by atoms with van der Waals surface area (Å²) in [5, 5.41) is 0. The van der Waals surface area contributed by atoms with Gasteiger partial charge in [0.05, 0.1) is 0 Å². The first-order valence-electron chi connectivity index (χ1n) is 8.26. The van der Waals surface area contributed by atoms with Gasteiger partial charge in [0.2, 0.25) is 0 Å². The van der Waals surface area contributed by atoms with Gasteiger partial charge < -0.3 is 0 Å². The van der Waals surface area contributed by atoms with Crippen LogP contribution in [0.15, 0.2) is 36.4 Å². The molecule has 0 nitrogen and oxygen atoms in total. The molecule has 0 bridgehead atoms. The highest BCUT2D eigenvalue weighted by Gasteiger charge is 1.87. The van der Waals surface area contributed by atoms with E-state index < -0.39 is 0 Å². The number of hydrogen-bond donors (Lipinski definition) is 0. The molecule has 1 aromatic rings. The molecule has 0 aliphatic rings. The third-order valence-corrected chi connectivity index (χ3v) is 3.17. The number of rotatable bonds is 6. The van der Waals surface area contributed by atoms with E-state index in [2.05, 4.69) is 73.9 Å². The Morgan fingerprint density at radius 1 is 0.727 bits per heavy atom. The minimum Gasteiger partial charge on any atom is -0.0985 e. The van der Waals surface area contributed by atoms with Gasteiger partial charge in [-0.25, -0.2) is 0 Å². The maximum absolute atomic E-state index is 3.15. The van der Waals surface area contributed by atoms with Crippen molar-refractivity contribution in [2.75, 3.05) is 0 Å². The molecule has 0 saturated heterocycles. The van der Waals surface area contributed by atoms with Crippen molar-refractivity contribution in [1.29, 1.82) is 0 Å². The van der Waals surface area contributed by atoms with Crippen LogP contribution in [0, 0.1) is 23.7 Å². The lowest BCUT2D eigenvalue weighted by atomic mass is 10.1. The molecule has 0 atom stereocenters. The van der Waals surface area contributed by atoms with Crippen molar-refractivity contribution in [3.05, 3.63) is 47.5 Å². The third kappa shape index (κ3) is 8.89. The Bertz CT molecular complexity index is 522. The molecule has 0 heterocycles. The summed E-state index contributed by atoms with van der Waals surface area (Å²) in [6.45, 7) is 4.37. The van der Waals surface area contributed by atoms with E-state index in [4.69, 9.17) is 0 Å². The van der Waals surface area contributed by atoms with Crippen LogP contribution in [0.1, 0.15) is 63.5 Å². The fraction of sp³-hybridized carbons (Fsp3) is 0.364. The molecule has 114 valence electrons. The van der Waals surface area contributed by atoms with E-state index in [1.807, 2.05) is 12.2 Å². The van der Waals surface area contributed by atoms with Crippen LogP contribution < -0.4 is 0 Å². The van der Waals surface area contributed by atoms with Gasteiger partial charge in [-0.3, -0.25) is 0 Å². The monoisotopic (exact) mass is 290 g/mol. The highest BCUT2D eigenvalue weighted by molar-refractivity contribution is 5.58. The average Bonchev–Trinajstić information content (AvgIpc) is 2.55. The van der Waals surface area contributed by atoms with Gasteiger partial charge in [0, 0.05) is 12.8 Å². The highest BCUT2D eigenvalue weighted by atomic mass is 13.9. The lowest BCUT2D eigenvalue weighted by Gasteiger charge is -1.94. The maximum atomic E-state index is 3.15. The van der Waals surface area contributed by atoms with Gasteiger partial charge in [0.25, 0.3) is 0 Å². The Morgan fingerprint density at radius 2 is 1.14 bits per heavy atom. The van der Waals surface area contributed by atoms with Crippen molar-refractivity contribution >= 4 is 12.2 Å². The summed E-state index contributed by atoms with van der Waals surface area (Å²) >= 11 is 0. The van der Waals surface area contributed by atoms with Gasteiger partial charge in [0.15, 0.2) is 0 Å². The predicted octanol–water partition coefficient (Wildman–Crippen LogP) is 6.10. The normalized spacial score (nSPS) is 10.3. The van der Waals surface area contributed by atoms with E-state index in [0.717, 1.165) is 12.8 Å². The maximum Gasteiger partial charge on any atom is 0.00921 e. The topological polar surface area (TPSA) is 0 Å². The Morgan fingerprint density at radius 3 is 1.50 bits per heavy atom. The number of benzene rings is 1. The zero-order valence-corrected chi connectivity index (χ0v) is 13.9. The summed E-state index contributed by atoms with van der Waals surface area (Å²) in [6, 6.07) is 8.42. The molecule has 0 amide bonds. The van der Waals surface area contributed by atoms with Crippen molar-refractivity contribution < 1.29 is 0 Å². The second kappa shape index (κ2) is 12.6. The first-order valence-corrected chi connectivity index (χ1v) is 8.26. The van der Waals surface area contributed by atoms with E-state index in [-0.39, 0.29) is 0 Å². The smallest absolute Gasteiger partial charge is 0.00921 e. The average molecular weight is 290 g/mol. The lowest BCUT2D eigenvalue weighted by Crippen LogP contribution is -1.74. The van der Waals surface area contributed by atoms with E-state index in [0.29, 0.717) is 0 Å². The van der Waals surface area contributed by atoms with Gasteiger partial charge in [0.1, 0.15) is 0 Å². The molecule has 0 aliphatic carbocycles. The first kappa shape index (κ1) is 17.9. The standard InChI is InChI=1S/C22H26/c1-3-5-7-9-11-13-15-21-17-19-22(20-18-21)16-14-12-10-8-6-4-2/h13-20H,3-8H2,1-2H3/b15-13+,16-14+. The van der Waals surface area contributed by atoms with Crippen molar-refractivity contribution in [2.24, 2.45) is 0 Å². The van der Waals surface area contributed by atoms with Crippen LogP contribution in [-0.2, 0) is 0 Å². The number of allylic oxidation sites excluding steroid dienone is 2. The molecule has 0 saturated carbocycles. The number of hydrogen-bond acceptors (Lipinski definition) is 0. The van der Waals surface area contributed by atoms with Crippen molar-refractivity contribution in [2.45, 2.75) is 52.4 Å². The predicted molar refractivity (Wildman–Crippen MR) is 99.1 cm³/mol. The fourth-order valence-corrected chi connectivity index (χ4v) is 1.79. The van der Waals surface area contributed by atoms with Gasteiger partial charge >= 0.3 is 0 Å². The summed E-state index contributed by atoms with van der Waals surface area (Å²) in [5.41, 5.74) is 2.35. The molecule has 0 fully saturated rings. The van der Waals surface area contributed by atoms with E-state index >= 15 is 0 Å². The van der Waals surface area contributed by atoms with Crippen LogP contribution in [0.3, 0.4) is 0 Å². The molecule has 1 rings (SSSR count). The zero-order chi connectivity index (χ0) is 15.9. The van der Waals surface area contributed by atoms with Crippen LogP contribution in [0.2, 0.25) is 0 Å².